The normalized spacial score (nSPS) is 46.5. The average Bonchev–Trinajstić information content (AvgIpc) is 2.74. The lowest BCUT2D eigenvalue weighted by Crippen LogP contribution is -2.46. The average molecular weight is 270 g/mol. The van der Waals surface area contributed by atoms with Crippen molar-refractivity contribution >= 4 is 11.6 Å². The Kier molecular flexibility index (Phi) is 2.61. The van der Waals surface area contributed by atoms with Crippen LogP contribution in [0, 0.1) is 29.1 Å². The molecule has 0 aromatic rings. The number of allylic oxidation sites excluding steroid dienone is 4. The molecule has 106 valence electrons. The topological polar surface area (TPSA) is 34.1 Å². The summed E-state index contributed by atoms with van der Waals surface area (Å²) in [6.45, 7) is 2.17. The molecular weight excluding hydrogens is 248 g/mol. The molecule has 0 aromatic carbocycles. The van der Waals surface area contributed by atoms with E-state index in [-0.39, 0.29) is 5.41 Å². The molecule has 4 aliphatic carbocycles. The Hall–Kier alpha value is -1.18. The van der Waals surface area contributed by atoms with Gasteiger partial charge in [0.15, 0.2) is 11.6 Å². The molecule has 20 heavy (non-hydrogen) atoms. The standard InChI is InChI=1S/C18H22O2/c1-18-9-8-14-13-5-3-12(19)10-11(13)2-4-15(14)16(18)6-7-17(18)20/h6-7,10,13-16H,2-5,8-9H2,1H3/t13?,14?,15?,16?,18-/m0/s1. The first kappa shape index (κ1) is 12.6. The molecule has 4 unspecified atom stereocenters. The van der Waals surface area contributed by atoms with E-state index >= 15 is 0 Å². The fourth-order valence-electron chi connectivity index (χ4n) is 5.45. The minimum Gasteiger partial charge on any atom is -0.295 e. The minimum absolute atomic E-state index is 0.118. The van der Waals surface area contributed by atoms with Crippen molar-refractivity contribution in [2.75, 3.05) is 0 Å². The highest BCUT2D eigenvalue weighted by Gasteiger charge is 2.54. The second-order valence-corrected chi connectivity index (χ2v) is 7.40. The van der Waals surface area contributed by atoms with E-state index in [1.54, 1.807) is 0 Å². The van der Waals surface area contributed by atoms with Crippen LogP contribution < -0.4 is 0 Å². The van der Waals surface area contributed by atoms with Crippen LogP contribution in [0.3, 0.4) is 0 Å². The van der Waals surface area contributed by atoms with Crippen molar-refractivity contribution in [2.24, 2.45) is 29.1 Å². The lowest BCUT2D eigenvalue weighted by Gasteiger charge is -2.51. The first-order valence-electron chi connectivity index (χ1n) is 8.05. The molecule has 2 nitrogen and oxygen atoms in total. The van der Waals surface area contributed by atoms with Crippen LogP contribution >= 0.6 is 0 Å². The monoisotopic (exact) mass is 270 g/mol. The van der Waals surface area contributed by atoms with Crippen LogP contribution in [-0.4, -0.2) is 11.6 Å². The molecular formula is C18H22O2. The lowest BCUT2D eigenvalue weighted by atomic mass is 9.52. The third kappa shape index (κ3) is 1.57. The molecule has 0 spiro atoms. The Labute approximate surface area is 120 Å². The maximum Gasteiger partial charge on any atom is 0.161 e. The van der Waals surface area contributed by atoms with E-state index in [1.807, 2.05) is 12.2 Å². The maximum atomic E-state index is 12.2. The van der Waals surface area contributed by atoms with Gasteiger partial charge in [-0.25, -0.2) is 0 Å². The Bertz CT molecular complexity index is 542. The molecule has 4 rings (SSSR count). The number of fused-ring (bicyclic) bond motifs is 5. The van der Waals surface area contributed by atoms with Gasteiger partial charge in [0.05, 0.1) is 0 Å². The van der Waals surface area contributed by atoms with Gasteiger partial charge in [-0.1, -0.05) is 18.6 Å². The van der Waals surface area contributed by atoms with E-state index in [0.29, 0.717) is 35.2 Å². The Morgan fingerprint density at radius 2 is 1.95 bits per heavy atom. The fourth-order valence-corrected chi connectivity index (χ4v) is 5.45. The highest BCUT2D eigenvalue weighted by Crippen LogP contribution is 2.58. The summed E-state index contributed by atoms with van der Waals surface area (Å²) in [7, 11) is 0. The van der Waals surface area contributed by atoms with E-state index in [9.17, 15) is 9.59 Å². The maximum absolute atomic E-state index is 12.2. The second kappa shape index (κ2) is 4.16. The van der Waals surface area contributed by atoms with Crippen molar-refractivity contribution in [1.82, 2.24) is 0 Å². The zero-order valence-electron chi connectivity index (χ0n) is 12.1. The summed E-state index contributed by atoms with van der Waals surface area (Å²) in [5.41, 5.74) is 1.30. The molecule has 4 aliphatic rings. The summed E-state index contributed by atoms with van der Waals surface area (Å²) in [6.07, 6.45) is 12.2. The van der Waals surface area contributed by atoms with Gasteiger partial charge in [-0.05, 0) is 67.9 Å². The molecule has 2 saturated carbocycles. The van der Waals surface area contributed by atoms with Gasteiger partial charge in [-0.3, -0.25) is 9.59 Å². The third-order valence-corrected chi connectivity index (χ3v) is 6.57. The summed E-state index contributed by atoms with van der Waals surface area (Å²) in [6, 6.07) is 0. The first-order valence-corrected chi connectivity index (χ1v) is 8.05. The third-order valence-electron chi connectivity index (χ3n) is 6.57. The minimum atomic E-state index is -0.118. The zero-order chi connectivity index (χ0) is 13.9. The van der Waals surface area contributed by atoms with Crippen LogP contribution in [0.15, 0.2) is 23.8 Å². The van der Waals surface area contributed by atoms with Gasteiger partial charge in [0, 0.05) is 11.8 Å². The molecule has 2 heteroatoms. The molecule has 0 saturated heterocycles. The number of carbonyl (C=O) groups excluding carboxylic acids is 2. The zero-order valence-corrected chi connectivity index (χ0v) is 12.1. The van der Waals surface area contributed by atoms with Gasteiger partial charge in [0.25, 0.3) is 0 Å². The molecule has 0 N–H and O–H groups in total. The second-order valence-electron chi connectivity index (χ2n) is 7.40. The predicted octanol–water partition coefficient (Wildman–Crippen LogP) is 3.47. The Balaban J connectivity index is 1.66. The number of carbonyl (C=O) groups is 2. The summed E-state index contributed by atoms with van der Waals surface area (Å²) in [5, 5.41) is 0. The summed E-state index contributed by atoms with van der Waals surface area (Å²) in [5.74, 6) is 3.11. The van der Waals surface area contributed by atoms with Crippen LogP contribution in [0.2, 0.25) is 0 Å². The number of hydrogen-bond acceptors (Lipinski definition) is 2. The van der Waals surface area contributed by atoms with Crippen LogP contribution in [0.4, 0.5) is 0 Å². The molecule has 5 atom stereocenters. The van der Waals surface area contributed by atoms with Gasteiger partial charge in [0.1, 0.15) is 0 Å². The van der Waals surface area contributed by atoms with Crippen molar-refractivity contribution in [3.05, 3.63) is 23.8 Å². The van der Waals surface area contributed by atoms with Crippen LogP contribution in [0.1, 0.15) is 45.4 Å². The lowest BCUT2D eigenvalue weighted by molar-refractivity contribution is -0.128. The Morgan fingerprint density at radius 1 is 1.10 bits per heavy atom. The SMILES string of the molecule is C[C@]12CCC3C4CCC(=O)C=C4CCC3C1C=CC2=O. The van der Waals surface area contributed by atoms with E-state index in [0.717, 1.165) is 32.1 Å². The van der Waals surface area contributed by atoms with E-state index < -0.39 is 0 Å². The molecule has 0 amide bonds. The van der Waals surface area contributed by atoms with E-state index in [2.05, 4.69) is 13.0 Å². The van der Waals surface area contributed by atoms with Gasteiger partial charge < -0.3 is 0 Å². The molecule has 0 heterocycles. The predicted molar refractivity (Wildman–Crippen MR) is 77.0 cm³/mol. The van der Waals surface area contributed by atoms with Crippen molar-refractivity contribution in [3.63, 3.8) is 0 Å². The summed E-state index contributed by atoms with van der Waals surface area (Å²) < 4.78 is 0. The van der Waals surface area contributed by atoms with Crippen molar-refractivity contribution in [3.8, 4) is 0 Å². The fraction of sp³-hybridized carbons (Fsp3) is 0.667. The van der Waals surface area contributed by atoms with Gasteiger partial charge in [0.2, 0.25) is 0 Å². The smallest absolute Gasteiger partial charge is 0.161 e. The van der Waals surface area contributed by atoms with Gasteiger partial charge in [-0.2, -0.15) is 0 Å². The Morgan fingerprint density at radius 3 is 2.80 bits per heavy atom. The largest absolute Gasteiger partial charge is 0.295 e. The van der Waals surface area contributed by atoms with Gasteiger partial charge in [-0.15, -0.1) is 0 Å². The molecule has 0 aliphatic heterocycles. The number of ketones is 2. The number of hydrogen-bond donors (Lipinski definition) is 0. The van der Waals surface area contributed by atoms with E-state index in [1.165, 1.54) is 12.0 Å². The van der Waals surface area contributed by atoms with E-state index in [4.69, 9.17) is 0 Å². The number of rotatable bonds is 0. The summed E-state index contributed by atoms with van der Waals surface area (Å²) in [4.78, 5) is 23.8. The molecule has 2 fully saturated rings. The van der Waals surface area contributed by atoms with Crippen molar-refractivity contribution < 1.29 is 9.59 Å². The summed E-state index contributed by atoms with van der Waals surface area (Å²) >= 11 is 0. The quantitative estimate of drug-likeness (QED) is 0.675. The first-order chi connectivity index (χ1) is 9.59. The highest BCUT2D eigenvalue weighted by molar-refractivity contribution is 5.97. The molecule has 0 aromatic heterocycles. The van der Waals surface area contributed by atoms with Crippen molar-refractivity contribution in [1.29, 1.82) is 0 Å². The molecule has 0 bridgehead atoms. The van der Waals surface area contributed by atoms with Gasteiger partial charge >= 0.3 is 0 Å². The van der Waals surface area contributed by atoms with Crippen LogP contribution in [0.5, 0.6) is 0 Å². The van der Waals surface area contributed by atoms with Crippen molar-refractivity contribution in [2.45, 2.75) is 45.4 Å². The van der Waals surface area contributed by atoms with Crippen LogP contribution in [0.25, 0.3) is 0 Å². The molecule has 0 radical (unpaired) electrons. The van der Waals surface area contributed by atoms with Crippen LogP contribution in [-0.2, 0) is 9.59 Å². The highest BCUT2D eigenvalue weighted by atomic mass is 16.1.